The number of benzene rings is 1. The lowest BCUT2D eigenvalue weighted by molar-refractivity contribution is -0.143. The first kappa shape index (κ1) is 14.7. The summed E-state index contributed by atoms with van der Waals surface area (Å²) in [7, 11) is 0. The fourth-order valence-corrected chi connectivity index (χ4v) is 1.75. The summed E-state index contributed by atoms with van der Waals surface area (Å²) in [6.45, 7) is 3.19. The molecule has 0 spiro atoms. The van der Waals surface area contributed by atoms with Crippen LogP contribution in [0.3, 0.4) is 0 Å². The summed E-state index contributed by atoms with van der Waals surface area (Å²) in [5, 5.41) is 19.3. The summed E-state index contributed by atoms with van der Waals surface area (Å²) >= 11 is 0. The minimum Gasteiger partial charge on any atom is -0.480 e. The van der Waals surface area contributed by atoms with Crippen molar-refractivity contribution < 1.29 is 14.7 Å². The zero-order valence-electron chi connectivity index (χ0n) is 11.8. The van der Waals surface area contributed by atoms with Crippen LogP contribution in [0.4, 0.5) is 0 Å². The van der Waals surface area contributed by atoms with Gasteiger partial charge in [0.15, 0.2) is 0 Å². The number of hydrogen-bond acceptors (Lipinski definition) is 4. The molecule has 110 valence electrons. The molecule has 1 heterocycles. The van der Waals surface area contributed by atoms with Crippen LogP contribution < -0.4 is 5.32 Å². The monoisotopic (exact) mass is 288 g/mol. The van der Waals surface area contributed by atoms with E-state index in [1.165, 1.54) is 17.8 Å². The SMILES string of the molecule is CCC(C)(NC(=O)c1cccc(-n2ccnn2)c1)C(=O)O. The molecule has 1 unspecified atom stereocenters. The largest absolute Gasteiger partial charge is 0.480 e. The van der Waals surface area contributed by atoms with Crippen molar-refractivity contribution in [1.82, 2.24) is 20.3 Å². The third kappa shape index (κ3) is 3.07. The molecule has 0 saturated carbocycles. The van der Waals surface area contributed by atoms with Gasteiger partial charge in [-0.25, -0.2) is 9.48 Å². The highest BCUT2D eigenvalue weighted by molar-refractivity contribution is 5.98. The highest BCUT2D eigenvalue weighted by atomic mass is 16.4. The van der Waals surface area contributed by atoms with Gasteiger partial charge in [-0.3, -0.25) is 4.79 Å². The number of rotatable bonds is 5. The van der Waals surface area contributed by atoms with E-state index in [9.17, 15) is 14.7 Å². The molecule has 2 N–H and O–H groups in total. The number of hydrogen-bond donors (Lipinski definition) is 2. The van der Waals surface area contributed by atoms with Gasteiger partial charge in [-0.05, 0) is 31.5 Å². The van der Waals surface area contributed by atoms with Crippen molar-refractivity contribution >= 4 is 11.9 Å². The lowest BCUT2D eigenvalue weighted by Crippen LogP contribution is -2.51. The molecule has 1 aromatic heterocycles. The van der Waals surface area contributed by atoms with Crippen LogP contribution in [0.15, 0.2) is 36.7 Å². The maximum absolute atomic E-state index is 12.2. The second-order valence-electron chi connectivity index (χ2n) is 4.84. The Bertz CT molecular complexity index is 654. The van der Waals surface area contributed by atoms with E-state index in [2.05, 4.69) is 15.6 Å². The van der Waals surface area contributed by atoms with Crippen molar-refractivity contribution in [3.05, 3.63) is 42.2 Å². The average Bonchev–Trinajstić information content (AvgIpc) is 3.01. The van der Waals surface area contributed by atoms with Crippen LogP contribution in [0.25, 0.3) is 5.69 Å². The zero-order valence-corrected chi connectivity index (χ0v) is 11.8. The molecule has 0 aliphatic heterocycles. The third-order valence-electron chi connectivity index (χ3n) is 3.36. The van der Waals surface area contributed by atoms with E-state index in [0.29, 0.717) is 11.3 Å². The Morgan fingerprint density at radius 3 is 2.76 bits per heavy atom. The van der Waals surface area contributed by atoms with Crippen LogP contribution in [-0.4, -0.2) is 37.5 Å². The average molecular weight is 288 g/mol. The molecular formula is C14H16N4O3. The molecule has 0 radical (unpaired) electrons. The predicted molar refractivity (Wildman–Crippen MR) is 75.2 cm³/mol. The molecule has 21 heavy (non-hydrogen) atoms. The molecule has 1 atom stereocenters. The van der Waals surface area contributed by atoms with Crippen LogP contribution in [0.1, 0.15) is 30.6 Å². The lowest BCUT2D eigenvalue weighted by Gasteiger charge is -2.24. The molecule has 0 saturated heterocycles. The Balaban J connectivity index is 2.24. The minimum absolute atomic E-state index is 0.289. The van der Waals surface area contributed by atoms with Crippen molar-refractivity contribution in [2.75, 3.05) is 0 Å². The van der Waals surface area contributed by atoms with Gasteiger partial charge in [0.2, 0.25) is 0 Å². The number of carboxylic acids is 1. The van der Waals surface area contributed by atoms with Crippen LogP contribution >= 0.6 is 0 Å². The van der Waals surface area contributed by atoms with E-state index in [4.69, 9.17) is 0 Å². The number of amides is 1. The third-order valence-corrected chi connectivity index (χ3v) is 3.36. The van der Waals surface area contributed by atoms with Gasteiger partial charge in [-0.15, -0.1) is 5.10 Å². The molecule has 0 fully saturated rings. The Labute approximate surface area is 121 Å². The molecule has 1 amide bonds. The number of carbonyl (C=O) groups excluding carboxylic acids is 1. The zero-order chi connectivity index (χ0) is 15.5. The van der Waals surface area contributed by atoms with Gasteiger partial charge in [0, 0.05) is 5.56 Å². The van der Waals surface area contributed by atoms with E-state index in [1.54, 1.807) is 37.4 Å². The standard InChI is InChI=1S/C14H16N4O3/c1-3-14(2,13(20)21)16-12(19)10-5-4-6-11(9-10)18-8-7-15-17-18/h4-9H,3H2,1-2H3,(H,16,19)(H,20,21). The molecular weight excluding hydrogens is 272 g/mol. The van der Waals surface area contributed by atoms with E-state index in [-0.39, 0.29) is 6.42 Å². The van der Waals surface area contributed by atoms with Gasteiger partial charge in [-0.2, -0.15) is 0 Å². The topological polar surface area (TPSA) is 97.1 Å². The molecule has 1 aromatic carbocycles. The van der Waals surface area contributed by atoms with Crippen molar-refractivity contribution in [3.63, 3.8) is 0 Å². The van der Waals surface area contributed by atoms with Gasteiger partial charge in [0.1, 0.15) is 5.54 Å². The van der Waals surface area contributed by atoms with Gasteiger partial charge in [-0.1, -0.05) is 18.2 Å². The lowest BCUT2D eigenvalue weighted by atomic mass is 9.98. The van der Waals surface area contributed by atoms with Crippen molar-refractivity contribution in [2.45, 2.75) is 25.8 Å². The maximum atomic E-state index is 12.2. The van der Waals surface area contributed by atoms with Gasteiger partial charge >= 0.3 is 5.97 Å². The van der Waals surface area contributed by atoms with E-state index in [0.717, 1.165) is 0 Å². The van der Waals surface area contributed by atoms with E-state index < -0.39 is 17.4 Å². The molecule has 7 nitrogen and oxygen atoms in total. The first-order chi connectivity index (χ1) is 9.96. The number of aromatic nitrogens is 3. The van der Waals surface area contributed by atoms with Crippen molar-refractivity contribution in [3.8, 4) is 5.69 Å². The van der Waals surface area contributed by atoms with E-state index >= 15 is 0 Å². The summed E-state index contributed by atoms with van der Waals surface area (Å²) < 4.78 is 1.52. The van der Waals surface area contributed by atoms with Crippen molar-refractivity contribution in [1.29, 1.82) is 0 Å². The number of nitrogens with zero attached hydrogens (tertiary/aromatic N) is 3. The number of aliphatic carboxylic acids is 1. The summed E-state index contributed by atoms with van der Waals surface area (Å²) in [5.41, 5.74) is -0.252. The van der Waals surface area contributed by atoms with E-state index in [1.807, 2.05) is 0 Å². The highest BCUT2D eigenvalue weighted by Gasteiger charge is 2.33. The summed E-state index contributed by atoms with van der Waals surface area (Å²) in [5.74, 6) is -1.51. The molecule has 0 aliphatic carbocycles. The first-order valence-electron chi connectivity index (χ1n) is 6.49. The summed E-state index contributed by atoms with van der Waals surface area (Å²) in [6, 6.07) is 6.73. The molecule has 0 bridgehead atoms. The van der Waals surface area contributed by atoms with Crippen LogP contribution in [0.2, 0.25) is 0 Å². The molecule has 7 heteroatoms. The summed E-state index contributed by atoms with van der Waals surface area (Å²) in [4.78, 5) is 23.5. The van der Waals surface area contributed by atoms with Gasteiger partial charge in [0.25, 0.3) is 5.91 Å². The smallest absolute Gasteiger partial charge is 0.329 e. The number of carbonyl (C=O) groups is 2. The van der Waals surface area contributed by atoms with Crippen LogP contribution in [-0.2, 0) is 4.79 Å². The fourth-order valence-electron chi connectivity index (χ4n) is 1.75. The summed E-state index contributed by atoms with van der Waals surface area (Å²) in [6.07, 6.45) is 3.48. The van der Waals surface area contributed by atoms with Gasteiger partial charge in [0.05, 0.1) is 18.1 Å². The number of nitrogens with one attached hydrogen (secondary N) is 1. The minimum atomic E-state index is -1.29. The normalized spacial score (nSPS) is 13.4. The Morgan fingerprint density at radius 2 is 2.19 bits per heavy atom. The predicted octanol–water partition coefficient (Wildman–Crippen LogP) is 1.25. The van der Waals surface area contributed by atoms with Gasteiger partial charge < -0.3 is 10.4 Å². The second-order valence-corrected chi connectivity index (χ2v) is 4.84. The molecule has 2 aromatic rings. The molecule has 2 rings (SSSR count). The van der Waals surface area contributed by atoms with Crippen LogP contribution in [0.5, 0.6) is 0 Å². The highest BCUT2D eigenvalue weighted by Crippen LogP contribution is 2.13. The molecule has 0 aliphatic rings. The first-order valence-corrected chi connectivity index (χ1v) is 6.49. The Morgan fingerprint density at radius 1 is 1.43 bits per heavy atom. The maximum Gasteiger partial charge on any atom is 0.329 e. The second kappa shape index (κ2) is 5.74. The Kier molecular flexibility index (Phi) is 4.02. The van der Waals surface area contributed by atoms with Crippen molar-refractivity contribution in [2.24, 2.45) is 0 Å². The van der Waals surface area contributed by atoms with Crippen LogP contribution in [0, 0.1) is 0 Å². The quantitative estimate of drug-likeness (QED) is 0.863. The fraction of sp³-hybridized carbons (Fsp3) is 0.286. The Hall–Kier alpha value is -2.70. The number of carboxylic acid groups (broad SMARTS) is 1.